The minimum absolute atomic E-state index is 0.0957. The summed E-state index contributed by atoms with van der Waals surface area (Å²) in [5.41, 5.74) is 0.841. The molecule has 0 amide bonds. The van der Waals surface area contributed by atoms with E-state index in [-0.39, 0.29) is 6.42 Å². The molecule has 0 aliphatic rings. The summed E-state index contributed by atoms with van der Waals surface area (Å²) in [6.45, 7) is 8.80. The highest BCUT2D eigenvalue weighted by atomic mass is 16.6. The second-order valence-corrected chi connectivity index (χ2v) is 6.81. The van der Waals surface area contributed by atoms with Crippen molar-refractivity contribution in [2.24, 2.45) is 0 Å². The third-order valence-corrected chi connectivity index (χ3v) is 4.25. The lowest BCUT2D eigenvalue weighted by Gasteiger charge is -2.30. The van der Waals surface area contributed by atoms with Crippen molar-refractivity contribution in [3.8, 4) is 0 Å². The number of rotatable bonds is 7. The summed E-state index contributed by atoms with van der Waals surface area (Å²) in [5.74, 6) is -0.452. The molecule has 0 N–H and O–H groups in total. The van der Waals surface area contributed by atoms with Crippen LogP contribution >= 0.6 is 0 Å². The van der Waals surface area contributed by atoms with E-state index >= 15 is 0 Å². The molecule has 2 aromatic carbocycles. The Labute approximate surface area is 148 Å². The van der Waals surface area contributed by atoms with Crippen LogP contribution in [0.25, 0.3) is 0 Å². The van der Waals surface area contributed by atoms with Gasteiger partial charge in [-0.3, -0.25) is 4.79 Å². The van der Waals surface area contributed by atoms with E-state index in [2.05, 4.69) is 0 Å². The molecule has 0 spiro atoms. The molecular weight excluding hydrogens is 316 g/mol. The first-order valence-corrected chi connectivity index (χ1v) is 8.16. The molecule has 0 aliphatic carbocycles. The van der Waals surface area contributed by atoms with Crippen LogP contribution in [0, 0.1) is 6.92 Å². The largest absolute Gasteiger partial charge is 0.455 e. The molecule has 0 saturated carbocycles. The molecule has 2 rings (SSSR count). The number of hydrogen-bond donors (Lipinski definition) is 0. The number of aryl methyl sites for hydroxylation is 1. The zero-order chi connectivity index (χ0) is 18.5. The summed E-state index contributed by atoms with van der Waals surface area (Å²) in [4.78, 5) is 23.3. The Bertz CT molecular complexity index is 719. The number of hydrogen-bond acceptors (Lipinski definition) is 4. The van der Waals surface area contributed by atoms with Crippen molar-refractivity contribution in [2.45, 2.75) is 45.3 Å². The molecule has 0 aromatic heterocycles. The van der Waals surface area contributed by atoms with Gasteiger partial charge in [-0.15, -0.1) is 0 Å². The highest BCUT2D eigenvalue weighted by Crippen LogP contribution is 2.32. The van der Waals surface area contributed by atoms with Crippen LogP contribution in [0.3, 0.4) is 0 Å². The molecular formula is C21H23O4. The van der Waals surface area contributed by atoms with Crippen LogP contribution in [0.15, 0.2) is 54.6 Å². The van der Waals surface area contributed by atoms with Crippen LogP contribution in [0.1, 0.15) is 43.9 Å². The van der Waals surface area contributed by atoms with Crippen LogP contribution in [-0.2, 0) is 30.3 Å². The van der Waals surface area contributed by atoms with E-state index in [4.69, 9.17) is 9.47 Å². The van der Waals surface area contributed by atoms with Gasteiger partial charge in [0, 0.05) is 0 Å². The quantitative estimate of drug-likeness (QED) is 0.711. The number of ether oxygens (including phenoxy) is 2. The molecule has 25 heavy (non-hydrogen) atoms. The number of benzene rings is 2. The zero-order valence-electron chi connectivity index (χ0n) is 15.0. The van der Waals surface area contributed by atoms with Gasteiger partial charge in [0.15, 0.2) is 0 Å². The summed E-state index contributed by atoms with van der Waals surface area (Å²) in [7, 11) is 0. The SMILES string of the molecule is Cc1ccc(C(C)(C)OC(=O)CC(C)(O[C]=O)c2ccccc2)cc1. The van der Waals surface area contributed by atoms with Crippen LogP contribution in [-0.4, -0.2) is 12.4 Å². The van der Waals surface area contributed by atoms with Gasteiger partial charge >= 0.3 is 12.4 Å². The third-order valence-electron chi connectivity index (χ3n) is 4.25. The van der Waals surface area contributed by atoms with Crippen molar-refractivity contribution < 1.29 is 19.1 Å². The molecule has 2 aromatic rings. The summed E-state index contributed by atoms with van der Waals surface area (Å²) in [6.07, 6.45) is -0.0957. The normalized spacial score (nSPS) is 13.6. The summed E-state index contributed by atoms with van der Waals surface area (Å²) in [5, 5.41) is 0. The fourth-order valence-electron chi connectivity index (χ4n) is 2.69. The molecule has 0 heterocycles. The molecule has 0 bridgehead atoms. The van der Waals surface area contributed by atoms with Gasteiger partial charge in [0.05, 0.1) is 6.42 Å². The standard InChI is InChI=1S/C21H23O4/c1-16-10-12-17(13-11-16)20(2,3)25-19(23)14-21(4,24-15-22)18-8-6-5-7-9-18/h5-13H,14H2,1-4H3. The molecule has 1 atom stereocenters. The first-order valence-electron chi connectivity index (χ1n) is 8.16. The van der Waals surface area contributed by atoms with Crippen molar-refractivity contribution in [3.05, 3.63) is 71.3 Å². The third kappa shape index (κ3) is 4.69. The maximum atomic E-state index is 12.5. The summed E-state index contributed by atoms with van der Waals surface area (Å²) < 4.78 is 10.8. The minimum Gasteiger partial charge on any atom is -0.455 e. The van der Waals surface area contributed by atoms with Gasteiger partial charge in [0.25, 0.3) is 0 Å². The highest BCUT2D eigenvalue weighted by molar-refractivity contribution is 5.72. The van der Waals surface area contributed by atoms with Crippen molar-refractivity contribution in [1.82, 2.24) is 0 Å². The highest BCUT2D eigenvalue weighted by Gasteiger charge is 2.35. The topological polar surface area (TPSA) is 52.6 Å². The molecule has 131 valence electrons. The maximum absolute atomic E-state index is 12.5. The van der Waals surface area contributed by atoms with E-state index in [9.17, 15) is 9.59 Å². The van der Waals surface area contributed by atoms with E-state index in [1.54, 1.807) is 19.1 Å². The molecule has 0 saturated heterocycles. The fourth-order valence-corrected chi connectivity index (χ4v) is 2.69. The van der Waals surface area contributed by atoms with Gasteiger partial charge in [-0.25, -0.2) is 4.79 Å². The second-order valence-electron chi connectivity index (χ2n) is 6.81. The monoisotopic (exact) mass is 339 g/mol. The van der Waals surface area contributed by atoms with Gasteiger partial charge in [-0.2, -0.15) is 0 Å². The van der Waals surface area contributed by atoms with Gasteiger partial charge < -0.3 is 9.47 Å². The Balaban J connectivity index is 2.16. The van der Waals surface area contributed by atoms with Crippen LogP contribution in [0.4, 0.5) is 0 Å². The van der Waals surface area contributed by atoms with Crippen LogP contribution < -0.4 is 0 Å². The Morgan fingerprint density at radius 1 is 0.960 bits per heavy atom. The Morgan fingerprint density at radius 3 is 2.12 bits per heavy atom. The second kappa shape index (κ2) is 7.51. The van der Waals surface area contributed by atoms with Crippen molar-refractivity contribution in [1.29, 1.82) is 0 Å². The average Bonchev–Trinajstić information content (AvgIpc) is 2.55. The fraction of sp³-hybridized carbons (Fsp3) is 0.333. The van der Waals surface area contributed by atoms with Crippen molar-refractivity contribution in [3.63, 3.8) is 0 Å². The number of esters is 1. The molecule has 4 nitrogen and oxygen atoms in total. The lowest BCUT2D eigenvalue weighted by molar-refractivity contribution is -0.162. The van der Waals surface area contributed by atoms with Gasteiger partial charge in [0.2, 0.25) is 0 Å². The van der Waals surface area contributed by atoms with E-state index in [0.29, 0.717) is 5.56 Å². The molecule has 0 aliphatic heterocycles. The maximum Gasteiger partial charge on any atom is 0.418 e. The van der Waals surface area contributed by atoms with E-state index in [0.717, 1.165) is 11.1 Å². The zero-order valence-corrected chi connectivity index (χ0v) is 15.0. The Kier molecular flexibility index (Phi) is 5.62. The minimum atomic E-state index is -1.12. The van der Waals surface area contributed by atoms with Gasteiger partial charge in [-0.05, 0) is 38.8 Å². The van der Waals surface area contributed by atoms with Gasteiger partial charge in [-0.1, -0.05) is 60.2 Å². The van der Waals surface area contributed by atoms with Crippen LogP contribution in [0.5, 0.6) is 0 Å². The summed E-state index contributed by atoms with van der Waals surface area (Å²) in [6, 6.07) is 16.9. The predicted molar refractivity (Wildman–Crippen MR) is 95.5 cm³/mol. The van der Waals surface area contributed by atoms with E-state index in [1.165, 1.54) is 6.47 Å². The molecule has 4 heteroatoms. The molecule has 1 unspecified atom stereocenters. The Hall–Kier alpha value is -2.62. The lowest BCUT2D eigenvalue weighted by Crippen LogP contribution is -2.33. The van der Waals surface area contributed by atoms with Gasteiger partial charge in [0.1, 0.15) is 11.2 Å². The first kappa shape index (κ1) is 18.7. The molecule has 1 radical (unpaired) electrons. The van der Waals surface area contributed by atoms with E-state index in [1.807, 2.05) is 63.2 Å². The summed E-state index contributed by atoms with van der Waals surface area (Å²) >= 11 is 0. The average molecular weight is 339 g/mol. The lowest BCUT2D eigenvalue weighted by atomic mass is 9.92. The van der Waals surface area contributed by atoms with E-state index < -0.39 is 17.2 Å². The number of carbonyl (C=O) groups is 1. The smallest absolute Gasteiger partial charge is 0.418 e. The number of carbonyl (C=O) groups excluding carboxylic acids is 2. The van der Waals surface area contributed by atoms with Crippen molar-refractivity contribution >= 4 is 12.4 Å². The first-order chi connectivity index (χ1) is 11.8. The van der Waals surface area contributed by atoms with Crippen molar-refractivity contribution in [2.75, 3.05) is 0 Å². The van der Waals surface area contributed by atoms with Crippen LogP contribution in [0.2, 0.25) is 0 Å². The molecule has 0 fully saturated rings. The predicted octanol–water partition coefficient (Wildman–Crippen LogP) is 4.16. The Morgan fingerprint density at radius 2 is 1.56 bits per heavy atom.